The maximum atomic E-state index is 5.15. The first-order chi connectivity index (χ1) is 22.3. The van der Waals surface area contributed by atoms with Gasteiger partial charge < -0.3 is 4.90 Å². The molecule has 0 bridgehead atoms. The normalized spacial score (nSPS) is 11.1. The highest BCUT2D eigenvalue weighted by Crippen LogP contribution is 2.40. The molecule has 0 amide bonds. The van der Waals surface area contributed by atoms with Gasteiger partial charge >= 0.3 is 0 Å². The minimum atomic E-state index is 0.616. The molecule has 0 fully saturated rings. The third kappa shape index (κ3) is 5.09. The van der Waals surface area contributed by atoms with Gasteiger partial charge in [0.15, 0.2) is 17.5 Å². The average molecular weight is 577 g/mol. The van der Waals surface area contributed by atoms with E-state index in [4.69, 9.17) is 15.0 Å². The highest BCUT2D eigenvalue weighted by Gasteiger charge is 2.20. The summed E-state index contributed by atoms with van der Waals surface area (Å²) in [6.07, 6.45) is 0. The molecule has 0 spiro atoms. The number of aromatic nitrogens is 3. The van der Waals surface area contributed by atoms with Crippen molar-refractivity contribution in [3.63, 3.8) is 0 Å². The maximum Gasteiger partial charge on any atom is 0.166 e. The predicted molar refractivity (Wildman–Crippen MR) is 186 cm³/mol. The lowest BCUT2D eigenvalue weighted by Gasteiger charge is -2.27. The molecule has 1 aromatic heterocycles. The lowest BCUT2D eigenvalue weighted by atomic mass is 10.00. The van der Waals surface area contributed by atoms with E-state index in [-0.39, 0.29) is 0 Å². The summed E-state index contributed by atoms with van der Waals surface area (Å²) in [5.74, 6) is 1.88. The van der Waals surface area contributed by atoms with Gasteiger partial charge in [-0.2, -0.15) is 0 Å². The van der Waals surface area contributed by atoms with Gasteiger partial charge in [-0.1, -0.05) is 127 Å². The largest absolute Gasteiger partial charge is 0.310 e. The van der Waals surface area contributed by atoms with Crippen molar-refractivity contribution >= 4 is 38.6 Å². The van der Waals surface area contributed by atoms with Crippen molar-refractivity contribution in [1.82, 2.24) is 15.0 Å². The van der Waals surface area contributed by atoms with Crippen LogP contribution < -0.4 is 4.90 Å². The SMILES string of the molecule is c1ccc(-c2nc(-c3ccc4c(ccc5ccccc54)c3)nc(-c3ccccc3N(c3ccccc3)c3ccccc3)n2)cc1. The van der Waals surface area contributed by atoms with Crippen LogP contribution in [0.2, 0.25) is 0 Å². The van der Waals surface area contributed by atoms with Gasteiger partial charge in [-0.05, 0) is 64.0 Å². The van der Waals surface area contributed by atoms with Gasteiger partial charge in [0.05, 0.1) is 5.69 Å². The molecular weight excluding hydrogens is 548 g/mol. The summed E-state index contributed by atoms with van der Waals surface area (Å²) in [5.41, 5.74) is 5.88. The van der Waals surface area contributed by atoms with Crippen molar-refractivity contribution in [1.29, 1.82) is 0 Å². The number of rotatable bonds is 6. The van der Waals surface area contributed by atoms with Crippen molar-refractivity contribution in [3.05, 3.63) is 170 Å². The molecule has 45 heavy (non-hydrogen) atoms. The molecule has 4 nitrogen and oxygen atoms in total. The lowest BCUT2D eigenvalue weighted by molar-refractivity contribution is 1.07. The van der Waals surface area contributed by atoms with Crippen molar-refractivity contribution in [2.45, 2.75) is 0 Å². The van der Waals surface area contributed by atoms with Gasteiger partial charge in [0.1, 0.15) is 0 Å². The Morgan fingerprint density at radius 3 is 1.62 bits per heavy atom. The van der Waals surface area contributed by atoms with Crippen LogP contribution >= 0.6 is 0 Å². The molecule has 0 aliphatic heterocycles. The van der Waals surface area contributed by atoms with Crippen LogP contribution in [0.25, 0.3) is 55.7 Å². The molecular formula is C41H28N4. The van der Waals surface area contributed by atoms with Crippen molar-refractivity contribution in [3.8, 4) is 34.2 Å². The maximum absolute atomic E-state index is 5.15. The van der Waals surface area contributed by atoms with Crippen LogP contribution in [0.1, 0.15) is 0 Å². The Labute approximate surface area is 261 Å². The van der Waals surface area contributed by atoms with Gasteiger partial charge in [-0.3, -0.25) is 0 Å². The fourth-order valence-corrected chi connectivity index (χ4v) is 5.93. The zero-order valence-corrected chi connectivity index (χ0v) is 24.5. The van der Waals surface area contributed by atoms with Crippen molar-refractivity contribution < 1.29 is 0 Å². The van der Waals surface area contributed by atoms with Gasteiger partial charge in [-0.15, -0.1) is 0 Å². The number of fused-ring (bicyclic) bond motifs is 3. The number of hydrogen-bond acceptors (Lipinski definition) is 4. The second-order valence-corrected chi connectivity index (χ2v) is 10.9. The topological polar surface area (TPSA) is 41.9 Å². The van der Waals surface area contributed by atoms with E-state index in [1.807, 2.05) is 48.5 Å². The first kappa shape index (κ1) is 26.5. The van der Waals surface area contributed by atoms with Crippen molar-refractivity contribution in [2.24, 2.45) is 0 Å². The van der Waals surface area contributed by atoms with E-state index in [0.29, 0.717) is 17.5 Å². The lowest BCUT2D eigenvalue weighted by Crippen LogP contribution is -2.12. The first-order valence-electron chi connectivity index (χ1n) is 15.0. The second kappa shape index (κ2) is 11.5. The van der Waals surface area contributed by atoms with Gasteiger partial charge in [0, 0.05) is 28.1 Å². The van der Waals surface area contributed by atoms with E-state index >= 15 is 0 Å². The third-order valence-corrected chi connectivity index (χ3v) is 8.09. The number of hydrogen-bond donors (Lipinski definition) is 0. The molecule has 0 radical (unpaired) electrons. The molecule has 0 saturated heterocycles. The molecule has 212 valence electrons. The monoisotopic (exact) mass is 576 g/mol. The van der Waals surface area contributed by atoms with Gasteiger partial charge in [0.2, 0.25) is 0 Å². The molecule has 0 unspecified atom stereocenters. The molecule has 0 N–H and O–H groups in total. The summed E-state index contributed by atoms with van der Waals surface area (Å²) in [6.45, 7) is 0. The molecule has 0 saturated carbocycles. The summed E-state index contributed by atoms with van der Waals surface area (Å²) in [6, 6.07) is 58.6. The van der Waals surface area contributed by atoms with Crippen LogP contribution in [0.3, 0.4) is 0 Å². The molecule has 7 aromatic carbocycles. The Kier molecular flexibility index (Phi) is 6.78. The second-order valence-electron chi connectivity index (χ2n) is 10.9. The van der Waals surface area contributed by atoms with Crippen LogP contribution in [0.5, 0.6) is 0 Å². The summed E-state index contributed by atoms with van der Waals surface area (Å²) in [4.78, 5) is 17.5. The minimum absolute atomic E-state index is 0.616. The van der Waals surface area contributed by atoms with E-state index in [1.165, 1.54) is 16.2 Å². The minimum Gasteiger partial charge on any atom is -0.310 e. The Morgan fingerprint density at radius 2 is 0.889 bits per heavy atom. The van der Waals surface area contributed by atoms with Crippen LogP contribution in [-0.4, -0.2) is 15.0 Å². The van der Waals surface area contributed by atoms with E-state index in [0.717, 1.165) is 39.1 Å². The highest BCUT2D eigenvalue weighted by molar-refractivity contribution is 6.08. The summed E-state index contributed by atoms with van der Waals surface area (Å²) in [7, 11) is 0. The molecule has 1 heterocycles. The molecule has 0 atom stereocenters. The molecule has 0 aliphatic carbocycles. The average Bonchev–Trinajstić information content (AvgIpc) is 3.13. The smallest absolute Gasteiger partial charge is 0.166 e. The van der Waals surface area contributed by atoms with E-state index in [9.17, 15) is 0 Å². The molecule has 4 heteroatoms. The number of anilines is 3. The predicted octanol–water partition coefficient (Wildman–Crippen LogP) is 10.6. The van der Waals surface area contributed by atoms with Crippen LogP contribution in [0, 0.1) is 0 Å². The Bertz CT molecular complexity index is 2230. The van der Waals surface area contributed by atoms with E-state index in [1.54, 1.807) is 0 Å². The van der Waals surface area contributed by atoms with Gasteiger partial charge in [0.25, 0.3) is 0 Å². The number of benzene rings is 7. The number of para-hydroxylation sites is 3. The van der Waals surface area contributed by atoms with Crippen LogP contribution in [0.15, 0.2) is 170 Å². The summed E-state index contributed by atoms with van der Waals surface area (Å²) in [5, 5.41) is 4.82. The summed E-state index contributed by atoms with van der Waals surface area (Å²) < 4.78 is 0. The Morgan fingerprint density at radius 1 is 0.356 bits per heavy atom. The Hall–Kier alpha value is -6.13. The zero-order chi connectivity index (χ0) is 30.0. The van der Waals surface area contributed by atoms with Crippen LogP contribution in [-0.2, 0) is 0 Å². The van der Waals surface area contributed by atoms with Crippen LogP contribution in [0.4, 0.5) is 17.1 Å². The first-order valence-corrected chi connectivity index (χ1v) is 15.0. The van der Waals surface area contributed by atoms with E-state index < -0.39 is 0 Å². The third-order valence-electron chi connectivity index (χ3n) is 8.09. The molecule has 0 aliphatic rings. The quantitative estimate of drug-likeness (QED) is 0.185. The summed E-state index contributed by atoms with van der Waals surface area (Å²) >= 11 is 0. The fraction of sp³-hybridized carbons (Fsp3) is 0. The molecule has 8 rings (SSSR count). The van der Waals surface area contributed by atoms with E-state index in [2.05, 4.69) is 126 Å². The van der Waals surface area contributed by atoms with Gasteiger partial charge in [-0.25, -0.2) is 15.0 Å². The molecule has 8 aromatic rings. The van der Waals surface area contributed by atoms with Crippen molar-refractivity contribution in [2.75, 3.05) is 4.90 Å². The zero-order valence-electron chi connectivity index (χ0n) is 24.5. The highest BCUT2D eigenvalue weighted by atomic mass is 15.1. The fourth-order valence-electron chi connectivity index (χ4n) is 5.93. The Balaban J connectivity index is 1.34. The standard InChI is InChI=1S/C41H28N4/c1-4-15-30(16-5-1)39-42-40(32-26-27-36-31(28-32)25-24-29-14-10-11-21-35(29)36)44-41(43-39)37-22-12-13-23-38(37)45(33-17-6-2-7-18-33)34-19-8-3-9-20-34/h1-28H. The number of nitrogens with zero attached hydrogens (tertiary/aromatic N) is 4.